The van der Waals surface area contributed by atoms with Gasteiger partial charge in [-0.1, -0.05) is 42.5 Å². The molecule has 0 radical (unpaired) electrons. The number of para-hydroxylation sites is 1. The van der Waals surface area contributed by atoms with Gasteiger partial charge in [0.15, 0.2) is 6.04 Å². The molecule has 0 amide bonds. The van der Waals surface area contributed by atoms with E-state index >= 15 is 0 Å². The van der Waals surface area contributed by atoms with Crippen molar-refractivity contribution >= 4 is 45.0 Å². The van der Waals surface area contributed by atoms with Gasteiger partial charge in [0, 0.05) is 28.3 Å². The molecule has 5 heteroatoms. The van der Waals surface area contributed by atoms with Crippen LogP contribution in [-0.4, -0.2) is 10.3 Å². The van der Waals surface area contributed by atoms with Crippen molar-refractivity contribution in [1.29, 1.82) is 0 Å². The number of thioether (sulfide) groups is 1. The number of thiophene rings is 1. The molecule has 0 N–H and O–H groups in total. The number of fused-ring (bicyclic) bond motifs is 7. The molecule has 0 saturated heterocycles. The van der Waals surface area contributed by atoms with Crippen LogP contribution in [0.5, 0.6) is 0 Å². The molecule has 0 aliphatic carbocycles. The number of hydrogen-bond acceptors (Lipinski definition) is 2. The van der Waals surface area contributed by atoms with E-state index in [1.807, 2.05) is 23.1 Å². The fourth-order valence-electron chi connectivity index (χ4n) is 6.98. The Kier molecular flexibility index (Phi) is 3.77. The summed E-state index contributed by atoms with van der Waals surface area (Å²) in [6.07, 6.45) is 0. The average Bonchev–Trinajstić information content (AvgIpc) is 3.58. The van der Waals surface area contributed by atoms with Gasteiger partial charge in [-0.05, 0) is 53.8 Å². The van der Waals surface area contributed by atoms with Crippen LogP contribution in [-0.2, 0) is 6.54 Å². The molecule has 3 nitrogen and oxygen atoms in total. The van der Waals surface area contributed by atoms with Gasteiger partial charge in [-0.3, -0.25) is 0 Å². The first-order chi connectivity index (χ1) is 17.8. The van der Waals surface area contributed by atoms with Gasteiger partial charge < -0.3 is 0 Å². The number of benzene rings is 2. The maximum absolute atomic E-state index is 2.69. The Morgan fingerprint density at radius 2 is 1.78 bits per heavy atom. The van der Waals surface area contributed by atoms with Crippen LogP contribution in [0.1, 0.15) is 34.3 Å². The van der Waals surface area contributed by atoms with Gasteiger partial charge in [0.1, 0.15) is 23.4 Å². The third-order valence-electron chi connectivity index (χ3n) is 8.45. The highest BCUT2D eigenvalue weighted by atomic mass is 32.2. The molecule has 3 aliphatic rings. The van der Waals surface area contributed by atoms with Crippen molar-refractivity contribution in [3.05, 3.63) is 107 Å². The number of pyridine rings is 2. The van der Waals surface area contributed by atoms with Crippen LogP contribution in [0.15, 0.2) is 88.5 Å². The fraction of sp³-hybridized carbons (Fsp3) is 0.161. The molecule has 0 saturated carbocycles. The molecule has 36 heavy (non-hydrogen) atoms. The van der Waals surface area contributed by atoms with E-state index in [2.05, 4.69) is 105 Å². The minimum Gasteiger partial charge on any atom is -0.221 e. The highest BCUT2D eigenvalue weighted by Gasteiger charge is 2.44. The first kappa shape index (κ1) is 19.7. The van der Waals surface area contributed by atoms with E-state index in [-0.39, 0.29) is 6.04 Å². The Bertz CT molecular complexity index is 1910. The zero-order chi connectivity index (χ0) is 23.5. The van der Waals surface area contributed by atoms with Crippen LogP contribution >= 0.6 is 23.1 Å². The molecule has 9 rings (SSSR count). The first-order valence-corrected chi connectivity index (χ1v) is 14.5. The van der Waals surface area contributed by atoms with E-state index in [0.717, 1.165) is 12.3 Å². The number of rotatable bonds is 1. The molecular weight excluding hydrogens is 478 g/mol. The molecule has 4 bridgehead atoms. The lowest BCUT2D eigenvalue weighted by Gasteiger charge is -2.26. The topological polar surface area (TPSA) is 12.7 Å². The van der Waals surface area contributed by atoms with Gasteiger partial charge >= 0.3 is 0 Å². The standard InChI is InChI=1S/C31H23N3S2/c1-18-16-35-31-29(18)23(17-36-31)26-11-6-12-28-33(26)27-15-32-24(19-7-2-3-8-20(19)27)14-13-22-21-9-4-5-10-25(21)34(28)30(22)32/h2-14,16,23,27H,15,17H2,1H3/q+2. The Labute approximate surface area is 217 Å². The van der Waals surface area contributed by atoms with E-state index in [4.69, 9.17) is 0 Å². The fourth-order valence-corrected chi connectivity index (χ4v) is 9.55. The number of aromatic nitrogens is 3. The van der Waals surface area contributed by atoms with Gasteiger partial charge in [0.25, 0.3) is 11.5 Å². The normalized spacial score (nSPS) is 18.9. The molecule has 0 fully saturated rings. The van der Waals surface area contributed by atoms with E-state index in [1.54, 1.807) is 5.56 Å². The average molecular weight is 502 g/mol. The Morgan fingerprint density at radius 1 is 0.889 bits per heavy atom. The molecule has 172 valence electrons. The van der Waals surface area contributed by atoms with Gasteiger partial charge in [-0.2, -0.15) is 4.57 Å². The van der Waals surface area contributed by atoms with Crippen LogP contribution in [0.25, 0.3) is 39.0 Å². The molecular formula is C31H23N3S2+2. The maximum Gasteiger partial charge on any atom is 0.298 e. The summed E-state index contributed by atoms with van der Waals surface area (Å²) in [5, 5.41) is 5.00. The van der Waals surface area contributed by atoms with Gasteiger partial charge in [0.2, 0.25) is 0 Å². The lowest BCUT2D eigenvalue weighted by atomic mass is 9.91. The van der Waals surface area contributed by atoms with E-state index < -0.39 is 0 Å². The van der Waals surface area contributed by atoms with E-state index in [9.17, 15) is 0 Å². The largest absolute Gasteiger partial charge is 0.298 e. The predicted molar refractivity (Wildman–Crippen MR) is 146 cm³/mol. The third-order valence-corrected chi connectivity index (χ3v) is 11.0. The van der Waals surface area contributed by atoms with Crippen molar-refractivity contribution in [2.24, 2.45) is 0 Å². The summed E-state index contributed by atoms with van der Waals surface area (Å²) >= 11 is 3.95. The van der Waals surface area contributed by atoms with Gasteiger partial charge in [-0.15, -0.1) is 23.1 Å². The summed E-state index contributed by atoms with van der Waals surface area (Å²) in [4.78, 5) is 0. The zero-order valence-electron chi connectivity index (χ0n) is 19.8. The van der Waals surface area contributed by atoms with Crippen LogP contribution in [0.2, 0.25) is 0 Å². The zero-order valence-corrected chi connectivity index (χ0v) is 21.4. The highest BCUT2D eigenvalue weighted by Crippen LogP contribution is 2.48. The van der Waals surface area contributed by atoms with Crippen molar-refractivity contribution in [1.82, 2.24) is 4.57 Å². The van der Waals surface area contributed by atoms with E-state index in [1.165, 1.54) is 60.0 Å². The summed E-state index contributed by atoms with van der Waals surface area (Å²) in [6.45, 7) is 3.24. The second-order valence-electron chi connectivity index (χ2n) is 10.2. The van der Waals surface area contributed by atoms with Crippen molar-refractivity contribution < 1.29 is 9.13 Å². The summed E-state index contributed by atoms with van der Waals surface area (Å²) < 4.78 is 9.32. The SMILES string of the molecule is Cc1csc2c1C(c1cccc3[n+]1C1C[n+]4c(ccc5c6ccccc6n-3c54)-c3ccccc31)CS2. The van der Waals surface area contributed by atoms with Gasteiger partial charge in [-0.25, -0.2) is 9.13 Å². The number of aryl methyl sites for hydroxylation is 1. The monoisotopic (exact) mass is 501 g/mol. The lowest BCUT2D eigenvalue weighted by molar-refractivity contribution is -0.774. The smallest absolute Gasteiger partial charge is 0.221 e. The molecule has 2 atom stereocenters. The highest BCUT2D eigenvalue weighted by molar-refractivity contribution is 8.01. The molecule has 6 aromatic rings. The van der Waals surface area contributed by atoms with Crippen molar-refractivity contribution in [3.8, 4) is 17.1 Å². The van der Waals surface area contributed by atoms with Crippen molar-refractivity contribution in [2.45, 2.75) is 29.6 Å². The first-order valence-electron chi connectivity index (χ1n) is 12.6. The van der Waals surface area contributed by atoms with Crippen LogP contribution < -0.4 is 9.13 Å². The van der Waals surface area contributed by atoms with Crippen molar-refractivity contribution in [2.75, 3.05) is 5.75 Å². The molecule has 0 spiro atoms. The number of hydrogen-bond donors (Lipinski definition) is 0. The molecule has 7 heterocycles. The quantitative estimate of drug-likeness (QED) is 0.233. The predicted octanol–water partition coefficient (Wildman–Crippen LogP) is 6.55. The second-order valence-corrected chi connectivity index (χ2v) is 12.4. The second kappa shape index (κ2) is 6.87. The number of nitrogens with zero attached hydrogens (tertiary/aromatic N) is 3. The summed E-state index contributed by atoms with van der Waals surface area (Å²) in [7, 11) is 0. The van der Waals surface area contributed by atoms with Gasteiger partial charge in [0.05, 0.1) is 15.5 Å². The summed E-state index contributed by atoms with van der Waals surface area (Å²) in [6, 6.07) is 29.9. The van der Waals surface area contributed by atoms with E-state index in [0.29, 0.717) is 5.92 Å². The minimum absolute atomic E-state index is 0.252. The van der Waals surface area contributed by atoms with Crippen LogP contribution in [0, 0.1) is 6.92 Å². The minimum atomic E-state index is 0.252. The maximum atomic E-state index is 2.69. The van der Waals surface area contributed by atoms with Crippen molar-refractivity contribution in [3.63, 3.8) is 0 Å². The van der Waals surface area contributed by atoms with Crippen LogP contribution in [0.3, 0.4) is 0 Å². The lowest BCUT2D eigenvalue weighted by Crippen LogP contribution is -2.54. The molecule has 4 aromatic heterocycles. The Hall–Kier alpha value is -3.41. The van der Waals surface area contributed by atoms with Crippen LogP contribution in [0.4, 0.5) is 0 Å². The Balaban J connectivity index is 1.47. The molecule has 3 aliphatic heterocycles. The molecule has 2 unspecified atom stereocenters. The summed E-state index contributed by atoms with van der Waals surface area (Å²) in [5.74, 6) is 2.80. The summed E-state index contributed by atoms with van der Waals surface area (Å²) in [5.41, 5.74) is 11.1. The molecule has 2 aromatic carbocycles. The third kappa shape index (κ3) is 2.31. The Morgan fingerprint density at radius 3 is 2.75 bits per heavy atom.